The SMILES string of the molecule is COc1ccc(CN2C(=O)CC(C(=O)Nc3ccc(C)cc3C)SC2=Nc2cccc(C(F)(F)F)c2)cc1OC. The van der Waals surface area contributed by atoms with Crippen molar-refractivity contribution in [2.24, 2.45) is 4.99 Å². The Morgan fingerprint density at radius 1 is 1.05 bits per heavy atom. The van der Waals surface area contributed by atoms with Crippen LogP contribution in [0.3, 0.4) is 0 Å². The molecule has 3 aromatic rings. The summed E-state index contributed by atoms with van der Waals surface area (Å²) in [5.74, 6) is 0.179. The molecule has 1 aliphatic heterocycles. The minimum absolute atomic E-state index is 0.0119. The maximum Gasteiger partial charge on any atom is 0.416 e. The Morgan fingerprint density at radius 2 is 1.80 bits per heavy atom. The van der Waals surface area contributed by atoms with Crippen LogP contribution in [-0.2, 0) is 22.3 Å². The lowest BCUT2D eigenvalue weighted by atomic mass is 10.1. The lowest BCUT2D eigenvalue weighted by molar-refractivity contribution is -0.137. The second-order valence-corrected chi connectivity index (χ2v) is 10.4. The zero-order valence-electron chi connectivity index (χ0n) is 22.3. The number of ether oxygens (including phenoxy) is 2. The Morgan fingerprint density at radius 3 is 2.48 bits per heavy atom. The molecule has 7 nitrogen and oxygen atoms in total. The van der Waals surface area contributed by atoms with Crippen molar-refractivity contribution in [2.45, 2.75) is 38.2 Å². The highest BCUT2D eigenvalue weighted by atomic mass is 32.2. The van der Waals surface area contributed by atoms with E-state index in [-0.39, 0.29) is 29.7 Å². The summed E-state index contributed by atoms with van der Waals surface area (Å²) in [6.07, 6.45) is -4.67. The predicted octanol–water partition coefficient (Wildman–Crippen LogP) is 6.50. The zero-order valence-corrected chi connectivity index (χ0v) is 23.2. The predicted molar refractivity (Wildman–Crippen MR) is 149 cm³/mol. The number of anilines is 1. The van der Waals surface area contributed by atoms with Gasteiger partial charge in [0.25, 0.3) is 0 Å². The normalized spacial score (nSPS) is 16.7. The summed E-state index contributed by atoms with van der Waals surface area (Å²) in [5.41, 5.74) is 2.36. The molecule has 2 amide bonds. The Balaban J connectivity index is 1.67. The monoisotopic (exact) mass is 571 g/mol. The summed E-state index contributed by atoms with van der Waals surface area (Å²) in [4.78, 5) is 32.4. The van der Waals surface area contributed by atoms with Gasteiger partial charge in [0.2, 0.25) is 11.8 Å². The van der Waals surface area contributed by atoms with Crippen LogP contribution in [0.1, 0.15) is 28.7 Å². The number of hydrogen-bond donors (Lipinski definition) is 1. The first-order chi connectivity index (χ1) is 19.0. The number of alkyl halides is 3. The molecule has 210 valence electrons. The number of amidine groups is 1. The summed E-state index contributed by atoms with van der Waals surface area (Å²) in [5, 5.41) is 2.15. The van der Waals surface area contributed by atoms with Gasteiger partial charge in [0.1, 0.15) is 5.25 Å². The molecular weight excluding hydrogens is 543 g/mol. The maximum atomic E-state index is 13.4. The van der Waals surface area contributed by atoms with E-state index in [0.29, 0.717) is 22.7 Å². The van der Waals surface area contributed by atoms with Crippen LogP contribution >= 0.6 is 11.8 Å². The average Bonchev–Trinajstić information content (AvgIpc) is 2.91. The van der Waals surface area contributed by atoms with Gasteiger partial charge in [-0.2, -0.15) is 13.2 Å². The number of aliphatic imine (C=N–C) groups is 1. The number of halogens is 3. The third-order valence-electron chi connectivity index (χ3n) is 6.26. The van der Waals surface area contributed by atoms with E-state index in [0.717, 1.165) is 35.0 Å². The Kier molecular flexibility index (Phi) is 8.73. The molecule has 0 aromatic heterocycles. The van der Waals surface area contributed by atoms with Crippen LogP contribution in [0.4, 0.5) is 24.5 Å². The molecule has 0 spiro atoms. The number of thioether (sulfide) groups is 1. The third-order valence-corrected chi connectivity index (χ3v) is 7.45. The van der Waals surface area contributed by atoms with Crippen molar-refractivity contribution < 1.29 is 32.2 Å². The molecule has 1 aliphatic rings. The molecule has 0 radical (unpaired) electrons. The van der Waals surface area contributed by atoms with Crippen LogP contribution in [0.25, 0.3) is 0 Å². The fraction of sp³-hybridized carbons (Fsp3) is 0.276. The molecule has 0 saturated carbocycles. The molecule has 0 aliphatic carbocycles. The molecular formula is C29H28F3N3O4S. The quantitative estimate of drug-likeness (QED) is 0.350. The van der Waals surface area contributed by atoms with Crippen molar-refractivity contribution in [1.29, 1.82) is 0 Å². The second kappa shape index (κ2) is 12.0. The highest BCUT2D eigenvalue weighted by Gasteiger charge is 2.36. The van der Waals surface area contributed by atoms with E-state index in [4.69, 9.17) is 9.47 Å². The van der Waals surface area contributed by atoms with Crippen LogP contribution < -0.4 is 14.8 Å². The van der Waals surface area contributed by atoms with Crippen LogP contribution in [-0.4, -0.2) is 41.4 Å². The van der Waals surface area contributed by atoms with Gasteiger partial charge in [0.15, 0.2) is 16.7 Å². The number of amides is 2. The molecule has 1 fully saturated rings. The number of hydrogen-bond acceptors (Lipinski definition) is 6. The van der Waals surface area contributed by atoms with Crippen molar-refractivity contribution in [1.82, 2.24) is 4.90 Å². The summed E-state index contributed by atoms with van der Waals surface area (Å²) in [7, 11) is 2.99. The molecule has 4 rings (SSSR count). The van der Waals surface area contributed by atoms with Crippen LogP contribution in [0.2, 0.25) is 0 Å². The molecule has 1 unspecified atom stereocenters. The van der Waals surface area contributed by atoms with Gasteiger partial charge in [-0.15, -0.1) is 0 Å². The fourth-order valence-corrected chi connectivity index (χ4v) is 5.29. The number of methoxy groups -OCH3 is 2. The largest absolute Gasteiger partial charge is 0.493 e. The van der Waals surface area contributed by atoms with E-state index < -0.39 is 22.9 Å². The minimum Gasteiger partial charge on any atom is -0.493 e. The van der Waals surface area contributed by atoms with Crippen LogP contribution in [0.15, 0.2) is 65.7 Å². The van der Waals surface area contributed by atoms with Gasteiger partial charge < -0.3 is 14.8 Å². The third kappa shape index (κ3) is 6.77. The number of nitrogens with one attached hydrogen (secondary N) is 1. The van der Waals surface area contributed by atoms with Gasteiger partial charge in [-0.25, -0.2) is 4.99 Å². The summed E-state index contributed by atoms with van der Waals surface area (Å²) in [6.45, 7) is 3.88. The molecule has 1 N–H and O–H groups in total. The van der Waals surface area contributed by atoms with Crippen molar-refractivity contribution >= 4 is 40.1 Å². The lowest BCUT2D eigenvalue weighted by Crippen LogP contribution is -2.44. The van der Waals surface area contributed by atoms with E-state index in [1.54, 1.807) is 24.3 Å². The summed E-state index contributed by atoms with van der Waals surface area (Å²) < 4.78 is 50.7. The Hall–Kier alpha value is -3.99. The smallest absolute Gasteiger partial charge is 0.416 e. The first kappa shape index (κ1) is 29.0. The highest BCUT2D eigenvalue weighted by molar-refractivity contribution is 8.15. The first-order valence-electron chi connectivity index (χ1n) is 12.3. The lowest BCUT2D eigenvalue weighted by Gasteiger charge is -2.32. The van der Waals surface area contributed by atoms with Gasteiger partial charge in [-0.05, 0) is 61.4 Å². The number of aryl methyl sites for hydroxylation is 2. The first-order valence-corrected chi connectivity index (χ1v) is 13.2. The van der Waals surface area contributed by atoms with Crippen molar-refractivity contribution in [2.75, 3.05) is 19.5 Å². The summed E-state index contributed by atoms with van der Waals surface area (Å²) in [6, 6.07) is 15.3. The molecule has 40 heavy (non-hydrogen) atoms. The number of carbonyl (C=O) groups is 2. The van der Waals surface area contributed by atoms with Crippen molar-refractivity contribution in [3.8, 4) is 11.5 Å². The molecule has 3 aromatic carbocycles. The Bertz CT molecular complexity index is 1460. The molecule has 11 heteroatoms. The van der Waals surface area contributed by atoms with E-state index in [1.807, 2.05) is 26.0 Å². The van der Waals surface area contributed by atoms with Gasteiger partial charge in [-0.3, -0.25) is 14.5 Å². The van der Waals surface area contributed by atoms with Gasteiger partial charge in [-0.1, -0.05) is 41.6 Å². The van der Waals surface area contributed by atoms with E-state index in [9.17, 15) is 22.8 Å². The van der Waals surface area contributed by atoms with Crippen molar-refractivity contribution in [3.05, 3.63) is 82.9 Å². The van der Waals surface area contributed by atoms with Gasteiger partial charge in [0, 0.05) is 12.1 Å². The van der Waals surface area contributed by atoms with E-state index in [1.165, 1.54) is 31.3 Å². The topological polar surface area (TPSA) is 80.2 Å². The molecule has 0 bridgehead atoms. The standard InChI is InChI=1S/C29H28F3N3O4S/c1-17-8-10-22(18(2)12-17)34-27(37)25-15-26(36)35(16-19-9-11-23(38-3)24(13-19)39-4)28(40-25)33-21-7-5-6-20(14-21)29(30,31)32/h5-14,25H,15-16H2,1-4H3,(H,34,37). The molecule has 1 atom stereocenters. The number of benzene rings is 3. The van der Waals surface area contributed by atoms with Crippen LogP contribution in [0, 0.1) is 13.8 Å². The fourth-order valence-electron chi connectivity index (χ4n) is 4.19. The molecule has 1 saturated heterocycles. The highest BCUT2D eigenvalue weighted by Crippen LogP contribution is 2.35. The molecule has 1 heterocycles. The number of rotatable bonds is 7. The Labute approximate surface area is 234 Å². The van der Waals surface area contributed by atoms with Gasteiger partial charge >= 0.3 is 6.18 Å². The second-order valence-electron chi connectivity index (χ2n) is 9.23. The summed E-state index contributed by atoms with van der Waals surface area (Å²) >= 11 is 1.03. The number of nitrogens with zero attached hydrogens (tertiary/aromatic N) is 2. The minimum atomic E-state index is -4.56. The van der Waals surface area contributed by atoms with Gasteiger partial charge in [0.05, 0.1) is 32.0 Å². The van der Waals surface area contributed by atoms with Crippen LogP contribution in [0.5, 0.6) is 11.5 Å². The maximum absolute atomic E-state index is 13.4. The van der Waals surface area contributed by atoms with E-state index >= 15 is 0 Å². The zero-order chi connectivity index (χ0) is 29.0. The van der Waals surface area contributed by atoms with Crippen molar-refractivity contribution in [3.63, 3.8) is 0 Å². The van der Waals surface area contributed by atoms with E-state index in [2.05, 4.69) is 10.3 Å². The average molecular weight is 572 g/mol. The number of carbonyl (C=O) groups excluding carboxylic acids is 2.